The zero-order chi connectivity index (χ0) is 11.5. The van der Waals surface area contributed by atoms with Crippen LogP contribution in [0, 0.1) is 17.8 Å². The highest BCUT2D eigenvalue weighted by atomic mass is 14.9. The second kappa shape index (κ2) is 5.20. The van der Waals surface area contributed by atoms with Crippen molar-refractivity contribution in [2.45, 2.75) is 64.8 Å². The largest absolute Gasteiger partial charge is 0.387 e. The van der Waals surface area contributed by atoms with Crippen LogP contribution in [0.2, 0.25) is 0 Å². The number of nitrogens with zero attached hydrogens (tertiary/aromatic N) is 1. The first-order chi connectivity index (χ1) is 7.72. The van der Waals surface area contributed by atoms with Crippen molar-refractivity contribution in [1.29, 1.82) is 0 Å². The zero-order valence-electron chi connectivity index (χ0n) is 10.8. The molecule has 3 unspecified atom stereocenters. The number of hydrogen-bond acceptors (Lipinski definition) is 1. The Labute approximate surface area is 99.7 Å². The Morgan fingerprint density at radius 2 is 1.88 bits per heavy atom. The molecule has 0 aliphatic heterocycles. The molecule has 0 heterocycles. The summed E-state index contributed by atoms with van der Waals surface area (Å²) in [7, 11) is 0. The molecule has 2 rings (SSSR count). The minimum absolute atomic E-state index is 0.519. The Hall–Kier alpha value is -0.530. The molecule has 0 aromatic rings. The average Bonchev–Trinajstić information content (AvgIpc) is 2.89. The van der Waals surface area contributed by atoms with Crippen molar-refractivity contribution in [3.05, 3.63) is 0 Å². The summed E-state index contributed by atoms with van der Waals surface area (Å²) in [6.07, 6.45) is 9.14. The number of nitrogens with two attached hydrogens (primary N) is 1. The summed E-state index contributed by atoms with van der Waals surface area (Å²) >= 11 is 0. The van der Waals surface area contributed by atoms with Crippen molar-refractivity contribution < 1.29 is 0 Å². The first kappa shape index (κ1) is 11.9. The average molecular weight is 222 g/mol. The Bertz CT molecular complexity index is 253. The van der Waals surface area contributed by atoms with Gasteiger partial charge in [0.25, 0.3) is 0 Å². The smallest absolute Gasteiger partial charge is 0.0971 e. The predicted octanol–water partition coefficient (Wildman–Crippen LogP) is 3.36. The van der Waals surface area contributed by atoms with Gasteiger partial charge in [-0.15, -0.1) is 0 Å². The highest BCUT2D eigenvalue weighted by Gasteiger charge is 2.32. The van der Waals surface area contributed by atoms with Gasteiger partial charge in [-0.1, -0.05) is 33.1 Å². The molecule has 2 N–H and O–H groups in total. The molecule has 92 valence electrons. The Morgan fingerprint density at radius 1 is 1.19 bits per heavy atom. The standard InChI is InChI=1S/C14H26N2/c1-3-11-8-9-13(10(11)2)16-14(15)12-6-4-5-7-12/h10-13H,3-9H2,1-2H3,(H2,15,16). The molecule has 2 heteroatoms. The van der Waals surface area contributed by atoms with E-state index in [-0.39, 0.29) is 0 Å². The van der Waals surface area contributed by atoms with Crippen molar-refractivity contribution in [3.63, 3.8) is 0 Å². The summed E-state index contributed by atoms with van der Waals surface area (Å²) in [5, 5.41) is 0. The van der Waals surface area contributed by atoms with Gasteiger partial charge in [0.1, 0.15) is 0 Å². The van der Waals surface area contributed by atoms with Crippen molar-refractivity contribution in [2.75, 3.05) is 0 Å². The van der Waals surface area contributed by atoms with Crippen molar-refractivity contribution in [1.82, 2.24) is 0 Å². The van der Waals surface area contributed by atoms with E-state index in [1.165, 1.54) is 44.9 Å². The fourth-order valence-electron chi connectivity index (χ4n) is 3.50. The van der Waals surface area contributed by atoms with E-state index in [0.29, 0.717) is 12.0 Å². The van der Waals surface area contributed by atoms with Crippen LogP contribution in [0.15, 0.2) is 4.99 Å². The van der Waals surface area contributed by atoms with E-state index in [2.05, 4.69) is 13.8 Å². The third-order valence-electron chi connectivity index (χ3n) is 4.80. The van der Waals surface area contributed by atoms with E-state index >= 15 is 0 Å². The van der Waals surface area contributed by atoms with Gasteiger partial charge in [-0.3, -0.25) is 4.99 Å². The molecule has 0 aromatic heterocycles. The molecular formula is C14H26N2. The summed E-state index contributed by atoms with van der Waals surface area (Å²) in [4.78, 5) is 4.83. The Kier molecular flexibility index (Phi) is 3.88. The van der Waals surface area contributed by atoms with Crippen LogP contribution in [-0.2, 0) is 0 Å². The molecule has 2 aliphatic rings. The van der Waals surface area contributed by atoms with E-state index < -0.39 is 0 Å². The fourth-order valence-corrected chi connectivity index (χ4v) is 3.50. The van der Waals surface area contributed by atoms with E-state index in [4.69, 9.17) is 10.7 Å². The van der Waals surface area contributed by atoms with E-state index in [1.807, 2.05) is 0 Å². The van der Waals surface area contributed by atoms with Crippen molar-refractivity contribution in [2.24, 2.45) is 28.5 Å². The molecular weight excluding hydrogens is 196 g/mol. The minimum atomic E-state index is 0.519. The maximum absolute atomic E-state index is 6.16. The van der Waals surface area contributed by atoms with Gasteiger partial charge < -0.3 is 5.73 Å². The molecule has 3 atom stereocenters. The van der Waals surface area contributed by atoms with Crippen molar-refractivity contribution >= 4 is 5.84 Å². The number of rotatable bonds is 3. The van der Waals surface area contributed by atoms with Gasteiger partial charge in [0, 0.05) is 5.92 Å². The second-order valence-corrected chi connectivity index (χ2v) is 5.71. The van der Waals surface area contributed by atoms with Crippen LogP contribution < -0.4 is 5.73 Å². The van der Waals surface area contributed by atoms with E-state index in [0.717, 1.165) is 17.7 Å². The Balaban J connectivity index is 1.95. The molecule has 2 nitrogen and oxygen atoms in total. The summed E-state index contributed by atoms with van der Waals surface area (Å²) < 4.78 is 0. The normalized spacial score (nSPS) is 37.1. The van der Waals surface area contributed by atoms with Crippen LogP contribution in [0.1, 0.15) is 58.8 Å². The lowest BCUT2D eigenvalue weighted by Gasteiger charge is -2.18. The number of aliphatic imine (C=N–C) groups is 1. The van der Waals surface area contributed by atoms with Gasteiger partial charge in [0.05, 0.1) is 11.9 Å². The molecule has 0 amide bonds. The van der Waals surface area contributed by atoms with Gasteiger partial charge in [0.2, 0.25) is 0 Å². The van der Waals surface area contributed by atoms with Crippen LogP contribution in [0.3, 0.4) is 0 Å². The number of hydrogen-bond donors (Lipinski definition) is 1. The van der Waals surface area contributed by atoms with Gasteiger partial charge in [0.15, 0.2) is 0 Å². The van der Waals surface area contributed by atoms with Crippen LogP contribution in [0.5, 0.6) is 0 Å². The molecule has 0 radical (unpaired) electrons. The quantitative estimate of drug-likeness (QED) is 0.577. The third kappa shape index (κ3) is 2.41. The molecule has 2 saturated carbocycles. The van der Waals surface area contributed by atoms with Gasteiger partial charge >= 0.3 is 0 Å². The van der Waals surface area contributed by atoms with Crippen LogP contribution in [0.4, 0.5) is 0 Å². The molecule has 2 aliphatic carbocycles. The lowest BCUT2D eigenvalue weighted by atomic mass is 9.93. The van der Waals surface area contributed by atoms with Gasteiger partial charge in [-0.2, -0.15) is 0 Å². The highest BCUT2D eigenvalue weighted by Crippen LogP contribution is 2.36. The van der Waals surface area contributed by atoms with E-state index in [9.17, 15) is 0 Å². The molecule has 2 fully saturated rings. The lowest BCUT2D eigenvalue weighted by molar-refractivity contribution is 0.382. The Morgan fingerprint density at radius 3 is 2.44 bits per heavy atom. The summed E-state index contributed by atoms with van der Waals surface area (Å²) in [5.41, 5.74) is 6.16. The monoisotopic (exact) mass is 222 g/mol. The number of amidine groups is 1. The minimum Gasteiger partial charge on any atom is -0.387 e. The molecule has 0 bridgehead atoms. The topological polar surface area (TPSA) is 38.4 Å². The third-order valence-corrected chi connectivity index (χ3v) is 4.80. The fraction of sp³-hybridized carbons (Fsp3) is 0.929. The zero-order valence-corrected chi connectivity index (χ0v) is 10.8. The van der Waals surface area contributed by atoms with Gasteiger partial charge in [-0.25, -0.2) is 0 Å². The van der Waals surface area contributed by atoms with Crippen LogP contribution in [-0.4, -0.2) is 11.9 Å². The molecule has 0 saturated heterocycles. The summed E-state index contributed by atoms with van der Waals surface area (Å²) in [5.74, 6) is 3.19. The maximum Gasteiger partial charge on any atom is 0.0971 e. The lowest BCUT2D eigenvalue weighted by Crippen LogP contribution is -2.25. The van der Waals surface area contributed by atoms with E-state index in [1.54, 1.807) is 0 Å². The predicted molar refractivity (Wildman–Crippen MR) is 69.5 cm³/mol. The van der Waals surface area contributed by atoms with Crippen molar-refractivity contribution in [3.8, 4) is 0 Å². The van der Waals surface area contributed by atoms with Crippen LogP contribution >= 0.6 is 0 Å². The molecule has 0 aromatic carbocycles. The van der Waals surface area contributed by atoms with Crippen LogP contribution in [0.25, 0.3) is 0 Å². The summed E-state index contributed by atoms with van der Waals surface area (Å²) in [6, 6.07) is 0.519. The second-order valence-electron chi connectivity index (χ2n) is 5.71. The SMILES string of the molecule is CCC1CCC(N=C(N)C2CCCC2)C1C. The first-order valence-electron chi connectivity index (χ1n) is 7.05. The molecule has 16 heavy (non-hydrogen) atoms. The maximum atomic E-state index is 6.16. The highest BCUT2D eigenvalue weighted by molar-refractivity contribution is 5.83. The first-order valence-corrected chi connectivity index (χ1v) is 7.05. The van der Waals surface area contributed by atoms with Gasteiger partial charge in [-0.05, 0) is 37.5 Å². The molecule has 0 spiro atoms. The summed E-state index contributed by atoms with van der Waals surface area (Å²) in [6.45, 7) is 4.66.